The van der Waals surface area contributed by atoms with Gasteiger partial charge in [-0.2, -0.15) is 0 Å². The maximum atomic E-state index is 5.01. The van der Waals surface area contributed by atoms with Gasteiger partial charge in [-0.1, -0.05) is 285 Å². The van der Waals surface area contributed by atoms with Gasteiger partial charge in [0.05, 0.1) is 110 Å². The summed E-state index contributed by atoms with van der Waals surface area (Å²) in [5.74, 6) is 5.69. The molecule has 0 aliphatic heterocycles. The highest BCUT2D eigenvalue weighted by Crippen LogP contribution is 2.39. The first-order valence-corrected chi connectivity index (χ1v) is 44.3. The van der Waals surface area contributed by atoms with E-state index in [1.165, 1.54) is 38.9 Å². The van der Waals surface area contributed by atoms with E-state index in [-0.39, 0.29) is 0 Å². The van der Waals surface area contributed by atoms with Crippen LogP contribution in [0.15, 0.2) is 437 Å². The molecule has 0 spiro atoms. The number of hydrogen-bond acceptors (Lipinski definition) is 12. The molecule has 0 radical (unpaired) electrons. The maximum Gasteiger partial charge on any atom is 0.237 e. The Morgan fingerprint density at radius 3 is 0.672 bits per heavy atom. The van der Waals surface area contributed by atoms with E-state index in [9.17, 15) is 0 Å². The molecule has 0 saturated heterocycles. The van der Waals surface area contributed by atoms with Crippen molar-refractivity contribution in [3.05, 3.63) is 437 Å². The highest BCUT2D eigenvalue weighted by atomic mass is 15.3. The Bertz CT molecular complexity index is 9680. The van der Waals surface area contributed by atoms with Gasteiger partial charge in [-0.05, 0) is 183 Å². The van der Waals surface area contributed by atoms with E-state index in [0.717, 1.165) is 172 Å². The molecule has 29 aromatic rings. The number of nitrogens with zero attached hydrogens (tertiary/aromatic N) is 20. The number of benzene rings is 17. The van der Waals surface area contributed by atoms with Gasteiger partial charge in [0.2, 0.25) is 46.9 Å². The number of imidazole rings is 8. The molecule has 0 saturated carbocycles. The third-order valence-electron chi connectivity index (χ3n) is 25.1. The molecule has 12 aromatic heterocycles. The number of fused-ring (bicyclic) bond motifs is 24. The molecule has 0 fully saturated rings. The zero-order chi connectivity index (χ0) is 88.3. The van der Waals surface area contributed by atoms with Crippen LogP contribution in [-0.4, -0.2) is 95.7 Å². The lowest BCUT2D eigenvalue weighted by Gasteiger charge is -2.08. The van der Waals surface area contributed by atoms with Crippen LogP contribution in [0.2, 0.25) is 0 Å². The third-order valence-corrected chi connectivity index (χ3v) is 25.1. The van der Waals surface area contributed by atoms with E-state index < -0.39 is 0 Å². The van der Waals surface area contributed by atoms with Gasteiger partial charge in [0, 0.05) is 46.3 Å². The summed E-state index contributed by atoms with van der Waals surface area (Å²) in [5, 5.41) is 4.07. The SMILES string of the molecule is c1ccc(-c2ccc(-c3ccc4c(c3)n3c5ccccc5nc3n4-c3ncc4ccccc4n3)cc2)cc1.c1ccc(-c2ccc3c(c2)n2c4ccccc4nc2n3-c2ncc3ccccc3n2)cc1.c1ccc(-c2cccc(-c3ccc4c(c3)n3c5ccccc5nc3n4-c3ncc4ccccc4n3)c2)cc1.c1ccc2nc(-n3c4ccccc4n4c5ccccc5nc34)ncc2c1. The molecule has 0 aliphatic rings. The van der Waals surface area contributed by atoms with Crippen molar-refractivity contribution in [3.63, 3.8) is 0 Å². The second-order valence-electron chi connectivity index (χ2n) is 33.1. The largest absolute Gasteiger partial charge is 0.276 e. The summed E-state index contributed by atoms with van der Waals surface area (Å²) < 4.78 is 17.0. The summed E-state index contributed by atoms with van der Waals surface area (Å²) in [5.41, 5.74) is 31.9. The molecule has 134 heavy (non-hydrogen) atoms. The molecule has 12 heterocycles. The molecule has 0 atom stereocenters. The summed E-state index contributed by atoms with van der Waals surface area (Å²) in [4.78, 5) is 58.1. The molecule has 29 rings (SSSR count). The Hall–Kier alpha value is -18.8. The van der Waals surface area contributed by atoms with E-state index in [2.05, 4.69) is 261 Å². The van der Waals surface area contributed by atoms with Gasteiger partial charge in [0.25, 0.3) is 0 Å². The minimum atomic E-state index is 0.609. The molecule has 0 amide bonds. The quantitative estimate of drug-likeness (QED) is 0.133. The van der Waals surface area contributed by atoms with Gasteiger partial charge >= 0.3 is 0 Å². The average Bonchev–Trinajstić information content (AvgIpc) is 1.57. The number of para-hydroxylation sites is 14. The smallest absolute Gasteiger partial charge is 0.237 e. The Balaban J connectivity index is 0.0000000941. The van der Waals surface area contributed by atoms with Crippen molar-refractivity contribution in [1.82, 2.24) is 95.7 Å². The minimum Gasteiger partial charge on any atom is -0.276 e. The lowest BCUT2D eigenvalue weighted by molar-refractivity contribution is 0.983. The summed E-state index contributed by atoms with van der Waals surface area (Å²) in [6, 6.07) is 142. The van der Waals surface area contributed by atoms with Crippen LogP contribution in [0.5, 0.6) is 0 Å². The van der Waals surface area contributed by atoms with Crippen LogP contribution in [-0.2, 0) is 0 Å². The predicted molar refractivity (Wildman–Crippen MR) is 538 cm³/mol. The van der Waals surface area contributed by atoms with Crippen molar-refractivity contribution in [2.24, 2.45) is 0 Å². The zero-order valence-corrected chi connectivity index (χ0v) is 71.5. The second-order valence-corrected chi connectivity index (χ2v) is 33.1. The highest BCUT2D eigenvalue weighted by molar-refractivity contribution is 5.99. The number of hydrogen-bond donors (Lipinski definition) is 0. The number of rotatable bonds is 9. The fraction of sp³-hybridized carbons (Fsp3) is 0. The van der Waals surface area contributed by atoms with Crippen LogP contribution in [0.25, 0.3) is 234 Å². The minimum absolute atomic E-state index is 0.609. The van der Waals surface area contributed by atoms with E-state index in [1.54, 1.807) is 0 Å². The van der Waals surface area contributed by atoms with Crippen molar-refractivity contribution in [1.29, 1.82) is 0 Å². The van der Waals surface area contributed by atoms with Crippen LogP contribution >= 0.6 is 0 Å². The summed E-state index contributed by atoms with van der Waals surface area (Å²) in [7, 11) is 0. The fourth-order valence-corrected chi connectivity index (χ4v) is 18.8. The van der Waals surface area contributed by atoms with E-state index >= 15 is 0 Å². The first-order chi connectivity index (χ1) is 66.4. The van der Waals surface area contributed by atoms with Crippen molar-refractivity contribution >= 4 is 155 Å². The van der Waals surface area contributed by atoms with Gasteiger partial charge in [-0.3, -0.25) is 17.6 Å². The monoisotopic (exact) mass is 1720 g/mol. The molecule has 0 unspecified atom stereocenters. The van der Waals surface area contributed by atoms with Crippen molar-refractivity contribution in [3.8, 4) is 79.4 Å². The lowest BCUT2D eigenvalue weighted by atomic mass is 9.99. The third kappa shape index (κ3) is 13.0. The lowest BCUT2D eigenvalue weighted by Crippen LogP contribution is -2.01. The first-order valence-electron chi connectivity index (χ1n) is 44.3. The Morgan fingerprint density at radius 1 is 0.134 bits per heavy atom. The molecular formula is C114H72N20. The molecule has 628 valence electrons. The van der Waals surface area contributed by atoms with E-state index in [0.29, 0.717) is 23.8 Å². The molecule has 20 nitrogen and oxygen atoms in total. The van der Waals surface area contributed by atoms with Crippen LogP contribution in [0.3, 0.4) is 0 Å². The molecule has 0 bridgehead atoms. The number of aromatic nitrogens is 20. The van der Waals surface area contributed by atoms with Crippen LogP contribution < -0.4 is 0 Å². The molecular weight excluding hydrogens is 1650 g/mol. The van der Waals surface area contributed by atoms with E-state index in [4.69, 9.17) is 54.8 Å². The van der Waals surface area contributed by atoms with Crippen LogP contribution in [0.4, 0.5) is 0 Å². The maximum absolute atomic E-state index is 5.01. The summed E-state index contributed by atoms with van der Waals surface area (Å²) in [6.07, 6.45) is 7.50. The predicted octanol–water partition coefficient (Wildman–Crippen LogP) is 25.8. The fourth-order valence-electron chi connectivity index (χ4n) is 18.8. The normalized spacial score (nSPS) is 11.7. The van der Waals surface area contributed by atoms with E-state index in [1.807, 2.05) is 217 Å². The van der Waals surface area contributed by atoms with Gasteiger partial charge in [-0.15, -0.1) is 0 Å². The first kappa shape index (κ1) is 76.4. The van der Waals surface area contributed by atoms with Gasteiger partial charge in [0.15, 0.2) is 0 Å². The summed E-state index contributed by atoms with van der Waals surface area (Å²) in [6.45, 7) is 0. The molecule has 0 aliphatic carbocycles. The Kier molecular flexibility index (Phi) is 18.0. The highest BCUT2D eigenvalue weighted by Gasteiger charge is 2.26. The topological polar surface area (TPSA) is 192 Å². The standard InChI is InChI=1S/2C33H21N5.C27H17N5.C21H13N5/c1-2-9-22(10-3-1)23-12-8-13-24(19-23)25-17-18-30-31(20-25)37-29-16-7-6-15-28(29)36-33(37)38(30)32-34-21-26-11-4-5-14-27(26)35-32;1-2-8-22(9-3-1)23-14-16-24(17-15-23)25-18-19-30-31(20-25)37-29-13-7-6-12-28(29)36-33(37)38(30)32-34-21-26-10-4-5-11-27(26)35-32;1-2-8-18(9-3-1)19-14-15-24-25(16-19)31-23-13-7-6-12-22(23)30-27(31)32(24)26-28-17-20-10-4-5-11-21(20)29-26;1-2-8-15-14(7-1)13-22-20(23-15)26-19-12-6-5-11-18(19)25-17-10-4-3-9-16(17)24-21(25)26/h2*1-21H;1-17H;1-13H. The van der Waals surface area contributed by atoms with Gasteiger partial charge in [-0.25, -0.2) is 78.1 Å². The van der Waals surface area contributed by atoms with Crippen LogP contribution in [0, 0.1) is 0 Å². The Morgan fingerprint density at radius 2 is 0.343 bits per heavy atom. The average molecular weight is 1720 g/mol. The summed E-state index contributed by atoms with van der Waals surface area (Å²) >= 11 is 0. The molecule has 0 N–H and O–H groups in total. The second kappa shape index (κ2) is 31.6. The zero-order valence-electron chi connectivity index (χ0n) is 71.5. The van der Waals surface area contributed by atoms with Gasteiger partial charge < -0.3 is 0 Å². The Labute approximate surface area is 762 Å². The van der Waals surface area contributed by atoms with Gasteiger partial charge in [0.1, 0.15) is 0 Å². The molecule has 20 heteroatoms. The van der Waals surface area contributed by atoms with Crippen molar-refractivity contribution in [2.45, 2.75) is 0 Å². The van der Waals surface area contributed by atoms with Crippen molar-refractivity contribution in [2.75, 3.05) is 0 Å². The van der Waals surface area contributed by atoms with Crippen molar-refractivity contribution < 1.29 is 0 Å². The van der Waals surface area contributed by atoms with Crippen LogP contribution in [0.1, 0.15) is 0 Å². The molecule has 17 aromatic carbocycles.